The highest BCUT2D eigenvalue weighted by molar-refractivity contribution is 8.15. The molecule has 4 nitrogen and oxygen atoms in total. The van der Waals surface area contributed by atoms with E-state index in [1.165, 1.54) is 11.8 Å². The molecule has 0 aliphatic carbocycles. The molecule has 0 radical (unpaired) electrons. The van der Waals surface area contributed by atoms with Gasteiger partial charge in [0.15, 0.2) is 10.9 Å². The van der Waals surface area contributed by atoms with Crippen LogP contribution in [0.1, 0.15) is 0 Å². The van der Waals surface area contributed by atoms with Crippen LogP contribution in [0.25, 0.3) is 0 Å². The summed E-state index contributed by atoms with van der Waals surface area (Å²) < 4.78 is 0. The first-order valence-corrected chi connectivity index (χ1v) is 3.93. The highest BCUT2D eigenvalue weighted by Gasteiger charge is 2.13. The average molecular weight is 159 g/mol. The third-order valence-corrected chi connectivity index (χ3v) is 2.11. The average Bonchev–Trinajstić information content (AvgIpc) is 2.04. The van der Waals surface area contributed by atoms with E-state index in [0.29, 0.717) is 10.9 Å². The Morgan fingerprint density at radius 3 is 3.00 bits per heavy atom. The summed E-state index contributed by atoms with van der Waals surface area (Å²) in [4.78, 5) is 3.89. The number of rotatable bonds is 0. The molecule has 0 amide bonds. The quantitative estimate of drug-likeness (QED) is 0.390. The van der Waals surface area contributed by atoms with Crippen LogP contribution in [0.5, 0.6) is 0 Å². The van der Waals surface area contributed by atoms with Gasteiger partial charge in [0.25, 0.3) is 0 Å². The summed E-state index contributed by atoms with van der Waals surface area (Å²) in [7, 11) is 1.67. The van der Waals surface area contributed by atoms with Gasteiger partial charge in [-0.25, -0.2) is 0 Å². The van der Waals surface area contributed by atoms with Gasteiger partial charge in [-0.05, 0) is 0 Å². The van der Waals surface area contributed by atoms with Gasteiger partial charge in [0.05, 0.1) is 0 Å². The lowest BCUT2D eigenvalue weighted by molar-refractivity contribution is 0.321. The second-order valence-corrected chi connectivity index (χ2v) is 2.84. The number of aliphatic imine (C=N–C) groups is 1. The van der Waals surface area contributed by atoms with Crippen molar-refractivity contribution in [2.24, 2.45) is 10.1 Å². The Morgan fingerprint density at radius 1 is 1.70 bits per heavy atom. The number of oxime groups is 1. The minimum absolute atomic E-state index is 0.578. The molecule has 1 aliphatic rings. The molecule has 10 heavy (non-hydrogen) atoms. The number of amidine groups is 1. The van der Waals surface area contributed by atoms with Crippen molar-refractivity contribution in [3.8, 4) is 0 Å². The van der Waals surface area contributed by atoms with E-state index < -0.39 is 0 Å². The largest absolute Gasteiger partial charge is 0.410 e. The van der Waals surface area contributed by atoms with Crippen LogP contribution in [0, 0.1) is 0 Å². The minimum atomic E-state index is 0.578. The zero-order valence-electron chi connectivity index (χ0n) is 5.66. The van der Waals surface area contributed by atoms with Gasteiger partial charge in [-0.2, -0.15) is 0 Å². The van der Waals surface area contributed by atoms with Crippen LogP contribution in [0.2, 0.25) is 0 Å². The maximum atomic E-state index is 8.44. The maximum absolute atomic E-state index is 8.44. The lowest BCUT2D eigenvalue weighted by Crippen LogP contribution is -2.36. The molecule has 56 valence electrons. The van der Waals surface area contributed by atoms with Crippen molar-refractivity contribution in [2.45, 2.75) is 0 Å². The Hall–Kier alpha value is -0.710. The summed E-state index contributed by atoms with van der Waals surface area (Å²) in [6.45, 7) is 0.885. The normalized spacial score (nSPS) is 26.9. The van der Waals surface area contributed by atoms with Gasteiger partial charge in [0.2, 0.25) is 0 Å². The SMILES string of the molecule is CN=C1NCCS/C1=N\O. The number of nitrogens with zero attached hydrogens (tertiary/aromatic N) is 2. The van der Waals surface area contributed by atoms with E-state index in [4.69, 9.17) is 5.21 Å². The Balaban J connectivity index is 2.69. The molecule has 2 N–H and O–H groups in total. The van der Waals surface area contributed by atoms with Crippen LogP contribution < -0.4 is 5.32 Å². The van der Waals surface area contributed by atoms with E-state index >= 15 is 0 Å². The molecule has 1 rings (SSSR count). The van der Waals surface area contributed by atoms with Crippen LogP contribution in [0.4, 0.5) is 0 Å². The first-order chi connectivity index (χ1) is 4.88. The summed E-state index contributed by atoms with van der Waals surface area (Å²) in [5, 5.41) is 15.1. The molecule has 1 heterocycles. The second kappa shape index (κ2) is 3.46. The summed E-state index contributed by atoms with van der Waals surface area (Å²) in [6.07, 6.45) is 0. The minimum Gasteiger partial charge on any atom is -0.410 e. The fourth-order valence-electron chi connectivity index (χ4n) is 0.712. The molecule has 0 aromatic carbocycles. The van der Waals surface area contributed by atoms with Gasteiger partial charge in [0, 0.05) is 19.3 Å². The van der Waals surface area contributed by atoms with E-state index in [1.807, 2.05) is 0 Å². The van der Waals surface area contributed by atoms with Gasteiger partial charge >= 0.3 is 0 Å². The van der Waals surface area contributed by atoms with E-state index in [2.05, 4.69) is 15.5 Å². The lowest BCUT2D eigenvalue weighted by atomic mass is 10.5. The molecule has 0 spiro atoms. The molecule has 1 fully saturated rings. The van der Waals surface area contributed by atoms with Gasteiger partial charge in [-0.1, -0.05) is 16.9 Å². The van der Waals surface area contributed by atoms with Crippen molar-refractivity contribution in [2.75, 3.05) is 19.3 Å². The summed E-state index contributed by atoms with van der Waals surface area (Å²) in [5.74, 6) is 1.61. The van der Waals surface area contributed by atoms with Crippen molar-refractivity contribution in [3.05, 3.63) is 0 Å². The third-order valence-electron chi connectivity index (χ3n) is 1.15. The van der Waals surface area contributed by atoms with Gasteiger partial charge < -0.3 is 10.5 Å². The molecule has 1 aliphatic heterocycles. The zero-order valence-corrected chi connectivity index (χ0v) is 6.48. The fraction of sp³-hybridized carbons (Fsp3) is 0.600. The predicted octanol–water partition coefficient (Wildman–Crippen LogP) is 0.139. The van der Waals surface area contributed by atoms with E-state index in [9.17, 15) is 0 Å². The fourth-order valence-corrected chi connectivity index (χ4v) is 1.47. The molecule has 1 saturated heterocycles. The number of nitrogens with one attached hydrogen (secondary N) is 1. The summed E-state index contributed by atoms with van der Waals surface area (Å²) in [5.41, 5.74) is 0. The van der Waals surface area contributed by atoms with Crippen molar-refractivity contribution in [1.29, 1.82) is 0 Å². The zero-order chi connectivity index (χ0) is 7.40. The van der Waals surface area contributed by atoms with Gasteiger partial charge in [-0.3, -0.25) is 4.99 Å². The monoisotopic (exact) mass is 159 g/mol. The molecule has 0 bridgehead atoms. The molecule has 0 unspecified atom stereocenters. The Morgan fingerprint density at radius 2 is 2.50 bits per heavy atom. The molecule has 0 saturated carbocycles. The second-order valence-electron chi connectivity index (χ2n) is 1.75. The Labute approximate surface area is 63.4 Å². The standard InChI is InChI=1S/C5H9N3OS/c1-6-4-5(8-9)10-3-2-7-4/h9H,2-3H2,1H3,(H,6,7)/b8-5-. The maximum Gasteiger partial charge on any atom is 0.177 e. The Bertz CT molecular complexity index is 158. The van der Waals surface area contributed by atoms with Crippen LogP contribution in [-0.2, 0) is 0 Å². The topological polar surface area (TPSA) is 57.0 Å². The van der Waals surface area contributed by atoms with Crippen molar-refractivity contribution in [3.63, 3.8) is 0 Å². The number of thioether (sulfide) groups is 1. The molecule has 0 aromatic rings. The van der Waals surface area contributed by atoms with Crippen molar-refractivity contribution in [1.82, 2.24) is 5.32 Å². The van der Waals surface area contributed by atoms with E-state index in [1.54, 1.807) is 7.05 Å². The van der Waals surface area contributed by atoms with E-state index in [-0.39, 0.29) is 0 Å². The number of hydrogen-bond acceptors (Lipinski definition) is 4. The molecule has 0 aromatic heterocycles. The van der Waals surface area contributed by atoms with Crippen LogP contribution in [-0.4, -0.2) is 35.4 Å². The number of hydrogen-bond donors (Lipinski definition) is 2. The van der Waals surface area contributed by atoms with Crippen molar-refractivity contribution < 1.29 is 5.21 Å². The highest BCUT2D eigenvalue weighted by Crippen LogP contribution is 2.07. The van der Waals surface area contributed by atoms with Gasteiger partial charge in [0.1, 0.15) is 0 Å². The smallest absolute Gasteiger partial charge is 0.177 e. The summed E-state index contributed by atoms with van der Waals surface area (Å²) in [6, 6.07) is 0. The van der Waals surface area contributed by atoms with Gasteiger partial charge in [-0.15, -0.1) is 0 Å². The molecule has 0 atom stereocenters. The lowest BCUT2D eigenvalue weighted by Gasteiger charge is -2.14. The van der Waals surface area contributed by atoms with Crippen LogP contribution in [0.15, 0.2) is 10.1 Å². The first-order valence-electron chi connectivity index (χ1n) is 2.94. The molecule has 5 heteroatoms. The van der Waals surface area contributed by atoms with Crippen LogP contribution >= 0.6 is 11.8 Å². The highest BCUT2D eigenvalue weighted by atomic mass is 32.2. The summed E-state index contributed by atoms with van der Waals surface area (Å²) >= 11 is 1.50. The molecular formula is C5H9N3OS. The Kier molecular flexibility index (Phi) is 2.56. The predicted molar refractivity (Wildman–Crippen MR) is 43.0 cm³/mol. The molecular weight excluding hydrogens is 150 g/mol. The van der Waals surface area contributed by atoms with Crippen LogP contribution in [0.3, 0.4) is 0 Å². The van der Waals surface area contributed by atoms with Crippen molar-refractivity contribution >= 4 is 22.6 Å². The van der Waals surface area contributed by atoms with E-state index in [0.717, 1.165) is 12.3 Å². The first kappa shape index (κ1) is 7.40. The third kappa shape index (κ3) is 1.41.